The molecule has 1 N–H and O–H groups in total. The highest BCUT2D eigenvalue weighted by Gasteiger charge is 2.30. The van der Waals surface area contributed by atoms with Crippen molar-refractivity contribution in [1.29, 1.82) is 0 Å². The van der Waals surface area contributed by atoms with Gasteiger partial charge in [-0.1, -0.05) is 0 Å². The summed E-state index contributed by atoms with van der Waals surface area (Å²) in [5.74, 6) is -0.699. The molecule has 1 unspecified atom stereocenters. The molecule has 1 aliphatic rings. The van der Waals surface area contributed by atoms with E-state index in [0.29, 0.717) is 25.9 Å². The zero-order valence-electron chi connectivity index (χ0n) is 11.4. The summed E-state index contributed by atoms with van der Waals surface area (Å²) < 4.78 is 29.0. The minimum atomic E-state index is -3.41. The van der Waals surface area contributed by atoms with Crippen LogP contribution in [0, 0.1) is 5.92 Å². The van der Waals surface area contributed by atoms with Crippen LogP contribution in [0.15, 0.2) is 0 Å². The highest BCUT2D eigenvalue weighted by molar-refractivity contribution is 7.88. The molecule has 0 saturated carbocycles. The average molecular weight is 292 g/mol. The molecule has 0 bridgehead atoms. The van der Waals surface area contributed by atoms with E-state index in [9.17, 15) is 18.0 Å². The van der Waals surface area contributed by atoms with Crippen LogP contribution < -0.4 is 4.72 Å². The number of methoxy groups -OCH3 is 1. The van der Waals surface area contributed by atoms with Crippen LogP contribution in [0.2, 0.25) is 0 Å². The molecule has 0 aromatic carbocycles. The van der Waals surface area contributed by atoms with E-state index in [1.807, 2.05) is 0 Å². The number of ether oxygens (including phenoxy) is 1. The van der Waals surface area contributed by atoms with Gasteiger partial charge >= 0.3 is 5.97 Å². The van der Waals surface area contributed by atoms with Crippen LogP contribution in [0.25, 0.3) is 0 Å². The van der Waals surface area contributed by atoms with Crippen molar-refractivity contribution in [2.24, 2.45) is 5.92 Å². The van der Waals surface area contributed by atoms with Crippen molar-refractivity contribution in [1.82, 2.24) is 9.62 Å². The van der Waals surface area contributed by atoms with E-state index in [1.54, 1.807) is 4.90 Å². The van der Waals surface area contributed by atoms with Crippen LogP contribution >= 0.6 is 0 Å². The zero-order chi connectivity index (χ0) is 14.6. The number of carbonyl (C=O) groups excluding carboxylic acids is 2. The largest absolute Gasteiger partial charge is 0.469 e. The fourth-order valence-corrected chi connectivity index (χ4v) is 2.89. The van der Waals surface area contributed by atoms with Crippen molar-refractivity contribution < 1.29 is 22.7 Å². The highest BCUT2D eigenvalue weighted by Crippen LogP contribution is 2.19. The van der Waals surface area contributed by atoms with Gasteiger partial charge in [0.25, 0.3) is 0 Å². The van der Waals surface area contributed by atoms with Crippen LogP contribution in [0.4, 0.5) is 0 Å². The minimum absolute atomic E-state index is 0.174. The Labute approximate surface area is 113 Å². The maximum absolute atomic E-state index is 12.0. The fraction of sp³-hybridized carbons (Fsp3) is 0.818. The van der Waals surface area contributed by atoms with Crippen molar-refractivity contribution >= 4 is 21.9 Å². The smallest absolute Gasteiger partial charge is 0.308 e. The number of likely N-dealkylation sites (tertiary alicyclic amines) is 1. The minimum Gasteiger partial charge on any atom is -0.469 e. The predicted molar refractivity (Wildman–Crippen MR) is 68.8 cm³/mol. The number of esters is 1. The van der Waals surface area contributed by atoms with Crippen molar-refractivity contribution in [2.45, 2.75) is 25.8 Å². The van der Waals surface area contributed by atoms with Crippen molar-refractivity contribution in [3.8, 4) is 0 Å². The van der Waals surface area contributed by atoms with E-state index >= 15 is 0 Å². The molecule has 0 aromatic heterocycles. The summed E-state index contributed by atoms with van der Waals surface area (Å²) >= 11 is 0. The molecular formula is C11H20N2O5S. The SMILES string of the molecule is COC(=O)C1CCN(C(=O)C(C)NS(C)(=O)=O)CC1. The molecule has 0 aliphatic carbocycles. The van der Waals surface area contributed by atoms with Gasteiger partial charge in [0.05, 0.1) is 25.3 Å². The zero-order valence-corrected chi connectivity index (χ0v) is 12.2. The third-order valence-corrected chi connectivity index (χ3v) is 3.88. The van der Waals surface area contributed by atoms with Gasteiger partial charge in [-0.3, -0.25) is 9.59 Å². The normalized spacial score (nSPS) is 19.0. The monoisotopic (exact) mass is 292 g/mol. The second-order valence-electron chi connectivity index (χ2n) is 4.73. The van der Waals surface area contributed by atoms with E-state index in [2.05, 4.69) is 9.46 Å². The van der Waals surface area contributed by atoms with Crippen LogP contribution in [-0.2, 0) is 24.3 Å². The number of amides is 1. The Balaban J connectivity index is 2.51. The number of rotatable bonds is 4. The Bertz CT molecular complexity index is 440. The third kappa shape index (κ3) is 4.79. The first-order valence-corrected chi connectivity index (χ1v) is 7.97. The number of hydrogen-bond donors (Lipinski definition) is 1. The molecule has 0 aromatic rings. The molecule has 110 valence electrons. The summed E-state index contributed by atoms with van der Waals surface area (Å²) in [5, 5.41) is 0. The Morgan fingerprint density at radius 3 is 2.26 bits per heavy atom. The molecule has 7 nitrogen and oxygen atoms in total. The molecule has 1 amide bonds. The lowest BCUT2D eigenvalue weighted by molar-refractivity contribution is -0.149. The van der Waals surface area contributed by atoms with E-state index in [-0.39, 0.29) is 17.8 Å². The molecule has 0 radical (unpaired) electrons. The Morgan fingerprint density at radius 1 is 1.32 bits per heavy atom. The number of nitrogens with zero attached hydrogens (tertiary/aromatic N) is 1. The van der Waals surface area contributed by atoms with Gasteiger partial charge in [-0.25, -0.2) is 13.1 Å². The van der Waals surface area contributed by atoms with Gasteiger partial charge in [0.15, 0.2) is 0 Å². The van der Waals surface area contributed by atoms with Gasteiger partial charge in [-0.2, -0.15) is 0 Å². The maximum atomic E-state index is 12.0. The highest BCUT2D eigenvalue weighted by atomic mass is 32.2. The Kier molecular flexibility index (Phi) is 5.30. The van der Waals surface area contributed by atoms with E-state index in [0.717, 1.165) is 6.26 Å². The molecule has 0 spiro atoms. The summed E-state index contributed by atoms with van der Waals surface area (Å²) in [6.07, 6.45) is 2.11. The number of piperidine rings is 1. The number of nitrogens with one attached hydrogen (secondary N) is 1. The molecule has 1 fully saturated rings. The predicted octanol–water partition coefficient (Wildman–Crippen LogP) is -0.664. The summed E-state index contributed by atoms with van der Waals surface area (Å²) in [4.78, 5) is 24.9. The summed E-state index contributed by atoms with van der Waals surface area (Å²) in [7, 11) is -2.06. The first-order valence-electron chi connectivity index (χ1n) is 6.08. The molecule has 1 heterocycles. The van der Waals surface area contributed by atoms with Crippen molar-refractivity contribution in [2.75, 3.05) is 26.5 Å². The summed E-state index contributed by atoms with van der Waals surface area (Å²) in [6, 6.07) is -0.787. The third-order valence-electron chi connectivity index (χ3n) is 3.10. The van der Waals surface area contributed by atoms with Crippen LogP contribution in [0.1, 0.15) is 19.8 Å². The second kappa shape index (κ2) is 6.33. The lowest BCUT2D eigenvalue weighted by Crippen LogP contribution is -2.49. The van der Waals surface area contributed by atoms with E-state index < -0.39 is 16.1 Å². The van der Waals surface area contributed by atoms with Gasteiger partial charge in [0.1, 0.15) is 0 Å². The number of hydrogen-bond acceptors (Lipinski definition) is 5. The van der Waals surface area contributed by atoms with Crippen molar-refractivity contribution in [3.63, 3.8) is 0 Å². The molecule has 1 aliphatic heterocycles. The molecule has 1 atom stereocenters. The summed E-state index contributed by atoms with van der Waals surface area (Å²) in [6.45, 7) is 2.39. The first-order chi connectivity index (χ1) is 8.74. The molecule has 1 saturated heterocycles. The van der Waals surface area contributed by atoms with E-state index in [1.165, 1.54) is 14.0 Å². The molecule has 8 heteroatoms. The van der Waals surface area contributed by atoms with Gasteiger partial charge in [0.2, 0.25) is 15.9 Å². The van der Waals surface area contributed by atoms with Gasteiger partial charge in [-0.15, -0.1) is 0 Å². The lowest BCUT2D eigenvalue weighted by atomic mass is 9.96. The van der Waals surface area contributed by atoms with Gasteiger partial charge < -0.3 is 9.64 Å². The standard InChI is InChI=1S/C11H20N2O5S/c1-8(12-19(3,16)17)10(14)13-6-4-9(5-7-13)11(15)18-2/h8-9,12H,4-7H2,1-3H3. The molecule has 19 heavy (non-hydrogen) atoms. The van der Waals surface area contributed by atoms with Crippen LogP contribution in [-0.4, -0.2) is 57.7 Å². The second-order valence-corrected chi connectivity index (χ2v) is 6.51. The average Bonchev–Trinajstić information content (AvgIpc) is 2.35. The van der Waals surface area contributed by atoms with E-state index in [4.69, 9.17) is 0 Å². The molecular weight excluding hydrogens is 272 g/mol. The van der Waals surface area contributed by atoms with Crippen LogP contribution in [0.3, 0.4) is 0 Å². The number of carbonyl (C=O) groups is 2. The van der Waals surface area contributed by atoms with Crippen LogP contribution in [0.5, 0.6) is 0 Å². The van der Waals surface area contributed by atoms with Gasteiger partial charge in [0, 0.05) is 13.1 Å². The maximum Gasteiger partial charge on any atom is 0.308 e. The number of sulfonamides is 1. The fourth-order valence-electron chi connectivity index (χ4n) is 2.15. The molecule has 1 rings (SSSR count). The lowest BCUT2D eigenvalue weighted by Gasteiger charge is -2.32. The Hall–Kier alpha value is -1.15. The van der Waals surface area contributed by atoms with Crippen molar-refractivity contribution in [3.05, 3.63) is 0 Å². The quantitative estimate of drug-likeness (QED) is 0.694. The Morgan fingerprint density at radius 2 is 1.84 bits per heavy atom. The first kappa shape index (κ1) is 15.9. The topological polar surface area (TPSA) is 92.8 Å². The van der Waals surface area contributed by atoms with Gasteiger partial charge in [-0.05, 0) is 19.8 Å². The summed E-state index contributed by atoms with van der Waals surface area (Å²) in [5.41, 5.74) is 0.